The maximum absolute atomic E-state index is 13.0. The maximum Gasteiger partial charge on any atom is 0.156 e. The van der Waals surface area contributed by atoms with Crippen LogP contribution in [0.4, 0.5) is 4.39 Å². The molecular formula is C16H19FO. The number of halogens is 1. The third-order valence-electron chi connectivity index (χ3n) is 3.45. The highest BCUT2D eigenvalue weighted by molar-refractivity contribution is 5.91. The molecule has 0 saturated carbocycles. The van der Waals surface area contributed by atoms with Crippen LogP contribution in [0.3, 0.4) is 0 Å². The van der Waals surface area contributed by atoms with Crippen LogP contribution in [0.5, 0.6) is 0 Å². The predicted octanol–water partition coefficient (Wildman–Crippen LogP) is 3.99. The number of aryl methyl sites for hydroxylation is 1. The van der Waals surface area contributed by atoms with E-state index in [0.29, 0.717) is 6.42 Å². The van der Waals surface area contributed by atoms with Crippen molar-refractivity contribution < 1.29 is 9.18 Å². The Balaban J connectivity index is 2.21. The van der Waals surface area contributed by atoms with E-state index in [0.717, 1.165) is 29.5 Å². The van der Waals surface area contributed by atoms with E-state index in [-0.39, 0.29) is 17.0 Å². The molecule has 0 heterocycles. The van der Waals surface area contributed by atoms with Crippen molar-refractivity contribution in [1.29, 1.82) is 0 Å². The van der Waals surface area contributed by atoms with E-state index in [9.17, 15) is 9.18 Å². The molecule has 0 saturated heterocycles. The van der Waals surface area contributed by atoms with Crippen LogP contribution >= 0.6 is 0 Å². The number of hydrogen-bond donors (Lipinski definition) is 0. The summed E-state index contributed by atoms with van der Waals surface area (Å²) in [5.41, 5.74) is 3.26. The van der Waals surface area contributed by atoms with Crippen LogP contribution in [0.1, 0.15) is 37.8 Å². The molecule has 1 aliphatic rings. The summed E-state index contributed by atoms with van der Waals surface area (Å²) < 4.78 is 13.0. The van der Waals surface area contributed by atoms with Gasteiger partial charge in [-0.05, 0) is 54.5 Å². The molecule has 1 nitrogen and oxygen atoms in total. The lowest BCUT2D eigenvalue weighted by Crippen LogP contribution is -2.22. The molecule has 0 N–H and O–H groups in total. The zero-order chi connectivity index (χ0) is 13.3. The Bertz CT molecular complexity index is 512. The first-order chi connectivity index (χ1) is 8.35. The summed E-state index contributed by atoms with van der Waals surface area (Å²) >= 11 is 0. The smallest absolute Gasteiger partial charge is 0.156 e. The van der Waals surface area contributed by atoms with E-state index in [1.54, 1.807) is 12.1 Å². The fraction of sp³-hybridized carbons (Fsp3) is 0.438. The van der Waals surface area contributed by atoms with Crippen molar-refractivity contribution in [2.75, 3.05) is 0 Å². The summed E-state index contributed by atoms with van der Waals surface area (Å²) in [6, 6.07) is 4.85. The van der Waals surface area contributed by atoms with Crippen LogP contribution in [-0.4, -0.2) is 5.78 Å². The summed E-state index contributed by atoms with van der Waals surface area (Å²) in [6.45, 7) is 6.15. The molecule has 0 aromatic heterocycles. The van der Waals surface area contributed by atoms with Gasteiger partial charge in [-0.15, -0.1) is 0 Å². The first-order valence-electron chi connectivity index (χ1n) is 6.33. The van der Waals surface area contributed by atoms with E-state index in [1.807, 2.05) is 13.0 Å². The van der Waals surface area contributed by atoms with Crippen molar-refractivity contribution in [3.8, 4) is 0 Å². The minimum absolute atomic E-state index is 0.0507. The van der Waals surface area contributed by atoms with Crippen molar-refractivity contribution in [1.82, 2.24) is 0 Å². The summed E-state index contributed by atoms with van der Waals surface area (Å²) in [5, 5.41) is 0. The SMILES string of the molecule is Cc1cc(F)ccc1CC1=CC(=O)CC(C)(C)C1. The first-order valence-corrected chi connectivity index (χ1v) is 6.33. The second-order valence-corrected chi connectivity index (χ2v) is 6.03. The van der Waals surface area contributed by atoms with Gasteiger partial charge in [0.1, 0.15) is 5.82 Å². The normalized spacial score (nSPS) is 18.7. The van der Waals surface area contributed by atoms with Crippen LogP contribution < -0.4 is 0 Å². The van der Waals surface area contributed by atoms with Crippen molar-refractivity contribution in [2.45, 2.75) is 40.0 Å². The topological polar surface area (TPSA) is 17.1 Å². The molecule has 0 amide bonds. The van der Waals surface area contributed by atoms with Gasteiger partial charge in [-0.3, -0.25) is 4.79 Å². The van der Waals surface area contributed by atoms with E-state index in [1.165, 1.54) is 6.07 Å². The Morgan fingerprint density at radius 1 is 1.28 bits per heavy atom. The van der Waals surface area contributed by atoms with E-state index < -0.39 is 0 Å². The van der Waals surface area contributed by atoms with Gasteiger partial charge >= 0.3 is 0 Å². The average molecular weight is 246 g/mol. The third kappa shape index (κ3) is 3.06. The second-order valence-electron chi connectivity index (χ2n) is 6.03. The molecule has 1 aromatic rings. The number of carbonyl (C=O) groups excluding carboxylic acids is 1. The molecule has 2 rings (SSSR count). The highest BCUT2D eigenvalue weighted by Crippen LogP contribution is 2.35. The number of allylic oxidation sites excluding steroid dienone is 2. The largest absolute Gasteiger partial charge is 0.295 e. The summed E-state index contributed by atoms with van der Waals surface area (Å²) in [4.78, 5) is 11.7. The first kappa shape index (κ1) is 13.0. The molecule has 0 radical (unpaired) electrons. The minimum Gasteiger partial charge on any atom is -0.295 e. The average Bonchev–Trinajstić information content (AvgIpc) is 2.19. The van der Waals surface area contributed by atoms with Gasteiger partial charge in [-0.1, -0.05) is 25.5 Å². The molecule has 1 aliphatic carbocycles. The molecule has 0 unspecified atom stereocenters. The zero-order valence-electron chi connectivity index (χ0n) is 11.2. The summed E-state index contributed by atoms with van der Waals surface area (Å²) in [6.07, 6.45) is 4.09. The van der Waals surface area contributed by atoms with Crippen LogP contribution in [-0.2, 0) is 11.2 Å². The van der Waals surface area contributed by atoms with Crippen molar-refractivity contribution >= 4 is 5.78 Å². The fourth-order valence-electron chi connectivity index (χ4n) is 2.69. The van der Waals surface area contributed by atoms with Crippen LogP contribution in [0.2, 0.25) is 0 Å². The maximum atomic E-state index is 13.0. The molecule has 0 spiro atoms. The number of rotatable bonds is 2. The van der Waals surface area contributed by atoms with Gasteiger partial charge < -0.3 is 0 Å². The Hall–Kier alpha value is -1.44. The van der Waals surface area contributed by atoms with Gasteiger partial charge in [-0.25, -0.2) is 4.39 Å². The van der Waals surface area contributed by atoms with Gasteiger partial charge in [0.15, 0.2) is 5.78 Å². The predicted molar refractivity (Wildman–Crippen MR) is 70.9 cm³/mol. The van der Waals surface area contributed by atoms with E-state index in [2.05, 4.69) is 13.8 Å². The Kier molecular flexibility index (Phi) is 3.38. The molecule has 0 fully saturated rings. The lowest BCUT2D eigenvalue weighted by Gasteiger charge is -2.29. The van der Waals surface area contributed by atoms with E-state index >= 15 is 0 Å². The quantitative estimate of drug-likeness (QED) is 0.771. The van der Waals surface area contributed by atoms with Crippen LogP contribution in [0.25, 0.3) is 0 Å². The zero-order valence-corrected chi connectivity index (χ0v) is 11.2. The molecular weight excluding hydrogens is 227 g/mol. The standard InChI is InChI=1S/C16H19FO/c1-11-6-14(17)5-4-13(11)7-12-8-15(18)10-16(2,3)9-12/h4-6,8H,7,9-10H2,1-3H3. The van der Waals surface area contributed by atoms with Crippen LogP contribution in [0, 0.1) is 18.2 Å². The summed E-state index contributed by atoms with van der Waals surface area (Å²) in [5.74, 6) is 0.00583. The summed E-state index contributed by atoms with van der Waals surface area (Å²) in [7, 11) is 0. The molecule has 18 heavy (non-hydrogen) atoms. The molecule has 2 heteroatoms. The third-order valence-corrected chi connectivity index (χ3v) is 3.45. The van der Waals surface area contributed by atoms with Crippen molar-refractivity contribution in [3.63, 3.8) is 0 Å². The fourth-order valence-corrected chi connectivity index (χ4v) is 2.69. The molecule has 0 aliphatic heterocycles. The monoisotopic (exact) mass is 246 g/mol. The Labute approximate surface area is 108 Å². The van der Waals surface area contributed by atoms with Gasteiger partial charge in [0.05, 0.1) is 0 Å². The van der Waals surface area contributed by atoms with Crippen molar-refractivity contribution in [2.24, 2.45) is 5.41 Å². The number of benzene rings is 1. The molecule has 0 bridgehead atoms. The highest BCUT2D eigenvalue weighted by atomic mass is 19.1. The molecule has 96 valence electrons. The number of hydrogen-bond acceptors (Lipinski definition) is 1. The van der Waals surface area contributed by atoms with Gasteiger partial charge in [0.2, 0.25) is 0 Å². The second kappa shape index (κ2) is 4.68. The van der Waals surface area contributed by atoms with Gasteiger partial charge in [-0.2, -0.15) is 0 Å². The van der Waals surface area contributed by atoms with Crippen molar-refractivity contribution in [3.05, 3.63) is 46.8 Å². The van der Waals surface area contributed by atoms with Gasteiger partial charge in [0, 0.05) is 6.42 Å². The lowest BCUT2D eigenvalue weighted by atomic mass is 9.75. The number of ketones is 1. The molecule has 1 aromatic carbocycles. The van der Waals surface area contributed by atoms with Crippen LogP contribution in [0.15, 0.2) is 29.8 Å². The Morgan fingerprint density at radius 2 is 2.00 bits per heavy atom. The number of carbonyl (C=O) groups is 1. The minimum atomic E-state index is -0.203. The highest BCUT2D eigenvalue weighted by Gasteiger charge is 2.27. The molecule has 0 atom stereocenters. The van der Waals surface area contributed by atoms with Gasteiger partial charge in [0.25, 0.3) is 0 Å². The van der Waals surface area contributed by atoms with E-state index in [4.69, 9.17) is 0 Å². The Morgan fingerprint density at radius 3 is 2.61 bits per heavy atom. The lowest BCUT2D eigenvalue weighted by molar-refractivity contribution is -0.117.